The molecule has 0 aliphatic carbocycles. The van der Waals surface area contributed by atoms with Gasteiger partial charge in [-0.15, -0.1) is 0 Å². The number of fused-ring (bicyclic) bond motifs is 2. The minimum atomic E-state index is 0.897. The molecule has 0 radical (unpaired) electrons. The van der Waals surface area contributed by atoms with Crippen LogP contribution in [0.15, 0.2) is 55.1 Å². The van der Waals surface area contributed by atoms with Crippen molar-refractivity contribution in [3.05, 3.63) is 55.1 Å². The van der Waals surface area contributed by atoms with Crippen LogP contribution in [0, 0.1) is 0 Å². The SMILES string of the molecule is c1cnc2cc(-c3cnc4[nH]ccc4c3)ccc2n1. The second-order valence-corrected chi connectivity index (χ2v) is 4.40. The zero-order valence-corrected chi connectivity index (χ0v) is 10.0. The van der Waals surface area contributed by atoms with Crippen LogP contribution >= 0.6 is 0 Å². The van der Waals surface area contributed by atoms with E-state index >= 15 is 0 Å². The van der Waals surface area contributed by atoms with E-state index in [0.29, 0.717) is 0 Å². The maximum absolute atomic E-state index is 4.41. The summed E-state index contributed by atoms with van der Waals surface area (Å²) in [7, 11) is 0. The first-order chi connectivity index (χ1) is 9.40. The highest BCUT2D eigenvalue weighted by Gasteiger charge is 2.03. The number of H-pyrrole nitrogens is 1. The van der Waals surface area contributed by atoms with Crippen LogP contribution < -0.4 is 0 Å². The Balaban J connectivity index is 1.92. The van der Waals surface area contributed by atoms with E-state index in [9.17, 15) is 0 Å². The minimum Gasteiger partial charge on any atom is -0.346 e. The van der Waals surface area contributed by atoms with Crippen LogP contribution in [0.4, 0.5) is 0 Å². The molecule has 1 aromatic carbocycles. The molecule has 0 aliphatic heterocycles. The topological polar surface area (TPSA) is 54.5 Å². The fourth-order valence-corrected chi connectivity index (χ4v) is 2.24. The molecule has 4 aromatic rings. The molecule has 4 nitrogen and oxygen atoms in total. The first-order valence-electron chi connectivity index (χ1n) is 6.04. The molecule has 1 N–H and O–H groups in total. The van der Waals surface area contributed by atoms with Crippen molar-refractivity contribution in [3.63, 3.8) is 0 Å². The van der Waals surface area contributed by atoms with Gasteiger partial charge in [0.05, 0.1) is 11.0 Å². The molecule has 4 rings (SSSR count). The Morgan fingerprint density at radius 2 is 1.68 bits per heavy atom. The third kappa shape index (κ3) is 1.65. The lowest BCUT2D eigenvalue weighted by molar-refractivity contribution is 1.29. The Bertz CT molecular complexity index is 879. The van der Waals surface area contributed by atoms with E-state index < -0.39 is 0 Å². The van der Waals surface area contributed by atoms with Crippen LogP contribution in [0.5, 0.6) is 0 Å². The number of nitrogens with zero attached hydrogens (tertiary/aromatic N) is 3. The van der Waals surface area contributed by atoms with Gasteiger partial charge in [-0.25, -0.2) is 4.98 Å². The lowest BCUT2D eigenvalue weighted by atomic mass is 10.1. The summed E-state index contributed by atoms with van der Waals surface area (Å²) in [6.45, 7) is 0. The molecule has 0 atom stereocenters. The van der Waals surface area contributed by atoms with Crippen molar-refractivity contribution in [1.29, 1.82) is 0 Å². The number of hydrogen-bond acceptors (Lipinski definition) is 3. The maximum Gasteiger partial charge on any atom is 0.137 e. The molecule has 3 heterocycles. The Morgan fingerprint density at radius 3 is 2.63 bits per heavy atom. The lowest BCUT2D eigenvalue weighted by Crippen LogP contribution is -1.85. The van der Waals surface area contributed by atoms with E-state index in [4.69, 9.17) is 0 Å². The molecule has 0 saturated carbocycles. The van der Waals surface area contributed by atoms with Gasteiger partial charge in [0, 0.05) is 35.7 Å². The standard InChI is InChI=1S/C15H10N4/c1-2-13-14(17-6-5-16-13)8-10(1)12-7-11-3-4-18-15(11)19-9-12/h1-9H,(H,18,19). The van der Waals surface area contributed by atoms with Crippen molar-refractivity contribution in [2.45, 2.75) is 0 Å². The zero-order valence-electron chi connectivity index (χ0n) is 10.0. The Labute approximate surface area is 109 Å². The number of aromatic amines is 1. The normalized spacial score (nSPS) is 11.2. The molecule has 3 aromatic heterocycles. The molecule has 0 amide bonds. The number of hydrogen-bond donors (Lipinski definition) is 1. The largest absolute Gasteiger partial charge is 0.346 e. The van der Waals surface area contributed by atoms with Crippen LogP contribution in [0.3, 0.4) is 0 Å². The number of pyridine rings is 1. The van der Waals surface area contributed by atoms with Gasteiger partial charge in [0.1, 0.15) is 5.65 Å². The number of nitrogens with one attached hydrogen (secondary N) is 1. The highest BCUT2D eigenvalue weighted by atomic mass is 14.8. The summed E-state index contributed by atoms with van der Waals surface area (Å²) in [6.07, 6.45) is 7.18. The van der Waals surface area contributed by atoms with Crippen molar-refractivity contribution in [3.8, 4) is 11.1 Å². The molecule has 19 heavy (non-hydrogen) atoms. The first-order valence-corrected chi connectivity index (χ1v) is 6.04. The summed E-state index contributed by atoms with van der Waals surface area (Å²) >= 11 is 0. The predicted octanol–water partition coefficient (Wildman–Crippen LogP) is 3.17. The van der Waals surface area contributed by atoms with Gasteiger partial charge in [0.25, 0.3) is 0 Å². The van der Waals surface area contributed by atoms with Gasteiger partial charge >= 0.3 is 0 Å². The lowest BCUT2D eigenvalue weighted by Gasteiger charge is -2.03. The molecule has 0 spiro atoms. The Morgan fingerprint density at radius 1 is 0.789 bits per heavy atom. The number of benzene rings is 1. The third-order valence-electron chi connectivity index (χ3n) is 3.20. The summed E-state index contributed by atoms with van der Waals surface area (Å²) in [6, 6.07) is 10.2. The van der Waals surface area contributed by atoms with Crippen molar-refractivity contribution >= 4 is 22.1 Å². The summed E-state index contributed by atoms with van der Waals surface area (Å²) < 4.78 is 0. The van der Waals surface area contributed by atoms with Crippen LogP contribution in [0.25, 0.3) is 33.2 Å². The molecule has 90 valence electrons. The molecule has 0 unspecified atom stereocenters. The number of rotatable bonds is 1. The average molecular weight is 246 g/mol. The van der Waals surface area contributed by atoms with Crippen LogP contribution in [-0.4, -0.2) is 19.9 Å². The predicted molar refractivity (Wildman–Crippen MR) is 74.6 cm³/mol. The van der Waals surface area contributed by atoms with E-state index in [1.807, 2.05) is 36.7 Å². The maximum atomic E-state index is 4.41. The fourth-order valence-electron chi connectivity index (χ4n) is 2.24. The molecule has 0 bridgehead atoms. The zero-order chi connectivity index (χ0) is 12.7. The van der Waals surface area contributed by atoms with Crippen LogP contribution in [-0.2, 0) is 0 Å². The molecule has 0 aliphatic rings. The van der Waals surface area contributed by atoms with Crippen LogP contribution in [0.1, 0.15) is 0 Å². The molecular formula is C15H10N4. The molecular weight excluding hydrogens is 236 g/mol. The monoisotopic (exact) mass is 246 g/mol. The summed E-state index contributed by atoms with van der Waals surface area (Å²) in [5.41, 5.74) is 4.89. The summed E-state index contributed by atoms with van der Waals surface area (Å²) in [4.78, 5) is 16.1. The summed E-state index contributed by atoms with van der Waals surface area (Å²) in [5, 5.41) is 1.11. The van der Waals surface area contributed by atoms with Crippen molar-refractivity contribution < 1.29 is 0 Å². The fraction of sp³-hybridized carbons (Fsp3) is 0. The molecule has 0 saturated heterocycles. The molecule has 4 heteroatoms. The Hall–Kier alpha value is -2.75. The van der Waals surface area contributed by atoms with Crippen molar-refractivity contribution in [2.75, 3.05) is 0 Å². The van der Waals surface area contributed by atoms with Gasteiger partial charge in [-0.05, 0) is 29.8 Å². The molecule has 0 fully saturated rings. The van der Waals surface area contributed by atoms with Gasteiger partial charge in [-0.2, -0.15) is 0 Å². The third-order valence-corrected chi connectivity index (χ3v) is 3.20. The van der Waals surface area contributed by atoms with E-state index in [-0.39, 0.29) is 0 Å². The second-order valence-electron chi connectivity index (χ2n) is 4.40. The van der Waals surface area contributed by atoms with Gasteiger partial charge < -0.3 is 4.98 Å². The highest BCUT2D eigenvalue weighted by Crippen LogP contribution is 2.24. The highest BCUT2D eigenvalue weighted by molar-refractivity contribution is 5.85. The quantitative estimate of drug-likeness (QED) is 0.561. The van der Waals surface area contributed by atoms with E-state index in [1.165, 1.54) is 0 Å². The van der Waals surface area contributed by atoms with E-state index in [1.54, 1.807) is 12.4 Å². The van der Waals surface area contributed by atoms with Gasteiger partial charge in [0.2, 0.25) is 0 Å². The van der Waals surface area contributed by atoms with Crippen molar-refractivity contribution in [2.24, 2.45) is 0 Å². The number of aromatic nitrogens is 4. The minimum absolute atomic E-state index is 0.897. The van der Waals surface area contributed by atoms with E-state index in [0.717, 1.165) is 33.2 Å². The Kier molecular flexibility index (Phi) is 2.08. The second kappa shape index (κ2) is 3.88. The van der Waals surface area contributed by atoms with Gasteiger partial charge in [-0.1, -0.05) is 6.07 Å². The van der Waals surface area contributed by atoms with Gasteiger partial charge in [-0.3, -0.25) is 9.97 Å². The van der Waals surface area contributed by atoms with Crippen molar-refractivity contribution in [1.82, 2.24) is 19.9 Å². The van der Waals surface area contributed by atoms with Gasteiger partial charge in [0.15, 0.2) is 0 Å². The van der Waals surface area contributed by atoms with Crippen LogP contribution in [0.2, 0.25) is 0 Å². The smallest absolute Gasteiger partial charge is 0.137 e. The average Bonchev–Trinajstić information content (AvgIpc) is 2.94. The summed E-state index contributed by atoms with van der Waals surface area (Å²) in [5.74, 6) is 0. The first kappa shape index (κ1) is 10.2. The van der Waals surface area contributed by atoms with E-state index in [2.05, 4.69) is 26.0 Å².